The van der Waals surface area contributed by atoms with Crippen LogP contribution < -0.4 is 5.32 Å². The molecule has 2 N–H and O–H groups in total. The van der Waals surface area contributed by atoms with Crippen LogP contribution in [0, 0.1) is 5.41 Å². The van der Waals surface area contributed by atoms with Gasteiger partial charge < -0.3 is 14.5 Å². The number of likely N-dealkylation sites (tertiary alicyclic amines) is 1. The van der Waals surface area contributed by atoms with Gasteiger partial charge in [-0.25, -0.2) is 0 Å². The van der Waals surface area contributed by atoms with Gasteiger partial charge in [-0.3, -0.25) is 29.6 Å². The molecular weight excluding hydrogens is 498 g/mol. The maximum absolute atomic E-state index is 13.1. The van der Waals surface area contributed by atoms with E-state index in [2.05, 4.69) is 27.5 Å². The lowest BCUT2D eigenvalue weighted by Gasteiger charge is -2.50. The van der Waals surface area contributed by atoms with E-state index in [1.54, 1.807) is 18.4 Å². The first-order valence-corrected chi connectivity index (χ1v) is 13.2. The molecule has 0 aliphatic carbocycles. The smallest absolute Gasteiger partial charge is 0.256 e. The summed E-state index contributed by atoms with van der Waals surface area (Å²) in [5.41, 5.74) is 2.82. The summed E-state index contributed by atoms with van der Waals surface area (Å²) in [6, 6.07) is 12.8. The van der Waals surface area contributed by atoms with Crippen molar-refractivity contribution in [2.24, 2.45) is 5.41 Å². The van der Waals surface area contributed by atoms with Gasteiger partial charge in [-0.15, -0.1) is 0 Å². The monoisotopic (exact) mass is 529 g/mol. The zero-order chi connectivity index (χ0) is 27.4. The molecule has 6 rings (SSSR count). The Morgan fingerprint density at radius 2 is 1.90 bits per heavy atom. The van der Waals surface area contributed by atoms with Crippen molar-refractivity contribution in [2.75, 3.05) is 13.1 Å². The second-order valence-corrected chi connectivity index (χ2v) is 11.4. The third kappa shape index (κ3) is 4.43. The first kappa shape index (κ1) is 25.4. The lowest BCUT2D eigenvalue weighted by molar-refractivity contribution is -0.137. The van der Waals surface area contributed by atoms with Crippen LogP contribution in [-0.4, -0.2) is 61.9 Å². The molecule has 202 valence electrons. The number of piperidine rings is 2. The van der Waals surface area contributed by atoms with Crippen LogP contribution in [0.2, 0.25) is 0 Å². The van der Waals surface area contributed by atoms with E-state index in [1.165, 1.54) is 10.5 Å². The molecule has 3 aromatic rings. The zero-order valence-electron chi connectivity index (χ0n) is 22.0. The molecule has 0 radical (unpaired) electrons. The first-order valence-electron chi connectivity index (χ1n) is 13.2. The average molecular weight is 530 g/mol. The summed E-state index contributed by atoms with van der Waals surface area (Å²) in [6.07, 6.45) is 2.55. The van der Waals surface area contributed by atoms with E-state index in [9.17, 15) is 19.5 Å². The number of imide groups is 1. The topological polar surface area (TPSA) is 129 Å². The Kier molecular flexibility index (Phi) is 6.11. The maximum Gasteiger partial charge on any atom is 0.256 e. The molecule has 2 saturated heterocycles. The Labute approximate surface area is 226 Å². The number of fused-ring (bicyclic) bond motifs is 1. The van der Waals surface area contributed by atoms with Crippen molar-refractivity contribution in [1.29, 1.82) is 0 Å². The highest BCUT2D eigenvalue weighted by atomic mass is 16.5. The number of rotatable bonds is 5. The number of nitrogens with zero attached hydrogens (tertiary/aromatic N) is 4. The molecule has 10 heteroatoms. The fourth-order valence-electron chi connectivity index (χ4n) is 6.10. The normalized spacial score (nSPS) is 25.1. The number of pyridine rings is 1. The number of carbonyl (C=O) groups is 3. The molecule has 3 aliphatic heterocycles. The van der Waals surface area contributed by atoms with E-state index in [1.807, 2.05) is 32.0 Å². The Morgan fingerprint density at radius 1 is 1.10 bits per heavy atom. The predicted molar refractivity (Wildman–Crippen MR) is 140 cm³/mol. The molecule has 0 spiro atoms. The van der Waals surface area contributed by atoms with Crippen molar-refractivity contribution >= 4 is 17.7 Å². The van der Waals surface area contributed by atoms with Crippen LogP contribution in [-0.2, 0) is 28.3 Å². The van der Waals surface area contributed by atoms with Crippen LogP contribution in [0.25, 0.3) is 11.3 Å². The van der Waals surface area contributed by atoms with Crippen molar-refractivity contribution in [3.05, 3.63) is 71.2 Å². The molecule has 0 bridgehead atoms. The fourth-order valence-corrected chi connectivity index (χ4v) is 6.10. The summed E-state index contributed by atoms with van der Waals surface area (Å²) in [7, 11) is 0. The Balaban J connectivity index is 1.16. The molecule has 1 aromatic carbocycles. The van der Waals surface area contributed by atoms with Crippen LogP contribution in [0.3, 0.4) is 0 Å². The highest BCUT2D eigenvalue weighted by Gasteiger charge is 2.50. The Bertz CT molecular complexity index is 1430. The highest BCUT2D eigenvalue weighted by molar-refractivity contribution is 6.05. The molecular formula is C29H31N5O5. The predicted octanol–water partition coefficient (Wildman–Crippen LogP) is 2.62. The SMILES string of the molecule is CC1(C)CN(Cc2ccc(-c3ccon3)cc2)CC[C@]1(O)c1ccc2c(n1)CN([C@@H]1CCC(=O)NC1=O)C2=O. The van der Waals surface area contributed by atoms with E-state index in [0.717, 1.165) is 17.8 Å². The summed E-state index contributed by atoms with van der Waals surface area (Å²) >= 11 is 0. The van der Waals surface area contributed by atoms with Crippen LogP contribution in [0.4, 0.5) is 0 Å². The summed E-state index contributed by atoms with van der Waals surface area (Å²) in [5, 5.41) is 18.3. The van der Waals surface area contributed by atoms with Crippen molar-refractivity contribution in [1.82, 2.24) is 25.3 Å². The highest BCUT2D eigenvalue weighted by Crippen LogP contribution is 2.46. The quantitative estimate of drug-likeness (QED) is 0.483. The molecule has 2 atom stereocenters. The summed E-state index contributed by atoms with van der Waals surface area (Å²) in [4.78, 5) is 45.6. The molecule has 2 fully saturated rings. The average Bonchev–Trinajstić information content (AvgIpc) is 3.55. The van der Waals surface area contributed by atoms with Gasteiger partial charge in [0.05, 0.1) is 23.5 Å². The van der Waals surface area contributed by atoms with Crippen molar-refractivity contribution in [3.8, 4) is 11.3 Å². The van der Waals surface area contributed by atoms with Gasteiger partial charge in [-0.1, -0.05) is 43.3 Å². The first-order chi connectivity index (χ1) is 18.6. The molecule has 5 heterocycles. The molecule has 3 amide bonds. The van der Waals surface area contributed by atoms with Gasteiger partial charge in [0.15, 0.2) is 0 Å². The molecule has 2 aromatic heterocycles. The van der Waals surface area contributed by atoms with Gasteiger partial charge in [-0.05, 0) is 30.5 Å². The van der Waals surface area contributed by atoms with Crippen LogP contribution in [0.15, 0.2) is 53.3 Å². The molecule has 0 saturated carbocycles. The standard InChI is InChI=1S/C29H31N5O5/c1-28(2)17-33(15-18-3-5-19(6-4-18)21-11-14-39-32-21)13-12-29(28,38)24-9-7-20-22(30-24)16-34(27(20)37)23-8-10-25(35)31-26(23)36/h3-7,9,11,14,23,38H,8,10,12-13,15-17H2,1-2H3,(H,31,35,36)/t23-,29+/m1/s1. The van der Waals surface area contributed by atoms with Gasteiger partial charge in [0.25, 0.3) is 5.91 Å². The minimum atomic E-state index is -1.18. The largest absolute Gasteiger partial charge is 0.383 e. The second kappa shape index (κ2) is 9.39. The third-order valence-corrected chi connectivity index (χ3v) is 8.42. The number of benzene rings is 1. The molecule has 3 aliphatic rings. The minimum Gasteiger partial charge on any atom is -0.383 e. The summed E-state index contributed by atoms with van der Waals surface area (Å²) in [5.74, 6) is -1.04. The van der Waals surface area contributed by atoms with Crippen LogP contribution >= 0.6 is 0 Å². The molecule has 10 nitrogen and oxygen atoms in total. The van der Waals surface area contributed by atoms with E-state index in [0.29, 0.717) is 42.9 Å². The van der Waals surface area contributed by atoms with Crippen molar-refractivity contribution in [3.63, 3.8) is 0 Å². The lowest BCUT2D eigenvalue weighted by Crippen LogP contribution is -2.55. The number of aliphatic hydroxyl groups is 1. The van der Waals surface area contributed by atoms with E-state index in [4.69, 9.17) is 9.51 Å². The summed E-state index contributed by atoms with van der Waals surface area (Å²) in [6.45, 7) is 6.37. The summed E-state index contributed by atoms with van der Waals surface area (Å²) < 4.78 is 4.94. The van der Waals surface area contributed by atoms with Crippen LogP contribution in [0.1, 0.15) is 60.4 Å². The van der Waals surface area contributed by atoms with Gasteiger partial charge in [0.2, 0.25) is 11.8 Å². The van der Waals surface area contributed by atoms with Gasteiger partial charge >= 0.3 is 0 Å². The van der Waals surface area contributed by atoms with Gasteiger partial charge in [0.1, 0.15) is 23.6 Å². The lowest BCUT2D eigenvalue weighted by atomic mass is 9.68. The fraction of sp³-hybridized carbons (Fsp3) is 0.414. The van der Waals surface area contributed by atoms with Crippen molar-refractivity contribution in [2.45, 2.75) is 57.8 Å². The number of hydrogen-bond donors (Lipinski definition) is 2. The van der Waals surface area contributed by atoms with Gasteiger partial charge in [0, 0.05) is 43.1 Å². The number of carbonyl (C=O) groups excluding carboxylic acids is 3. The minimum absolute atomic E-state index is 0.182. The van der Waals surface area contributed by atoms with E-state index in [-0.39, 0.29) is 24.8 Å². The number of aromatic nitrogens is 2. The van der Waals surface area contributed by atoms with Crippen molar-refractivity contribution < 1.29 is 24.0 Å². The number of hydrogen-bond acceptors (Lipinski definition) is 8. The molecule has 39 heavy (non-hydrogen) atoms. The number of amides is 3. The zero-order valence-corrected chi connectivity index (χ0v) is 22.0. The van der Waals surface area contributed by atoms with E-state index < -0.39 is 23.0 Å². The molecule has 0 unspecified atom stereocenters. The number of nitrogens with one attached hydrogen (secondary N) is 1. The maximum atomic E-state index is 13.1. The Hall–Kier alpha value is -3.89. The van der Waals surface area contributed by atoms with Crippen LogP contribution in [0.5, 0.6) is 0 Å². The second-order valence-electron chi connectivity index (χ2n) is 11.4. The third-order valence-electron chi connectivity index (χ3n) is 8.42. The van der Waals surface area contributed by atoms with E-state index >= 15 is 0 Å². The van der Waals surface area contributed by atoms with Gasteiger partial charge in [-0.2, -0.15) is 0 Å². The Morgan fingerprint density at radius 3 is 2.59 bits per heavy atom.